The van der Waals surface area contributed by atoms with E-state index >= 15 is 0 Å². The molecule has 0 amide bonds. The number of hydrogen-bond acceptors (Lipinski definition) is 3. The predicted octanol–water partition coefficient (Wildman–Crippen LogP) is 5.03. The first kappa shape index (κ1) is 16.4. The molecule has 0 saturated heterocycles. The van der Waals surface area contributed by atoms with Gasteiger partial charge < -0.3 is 10.1 Å². The number of rotatable bonds is 8. The molecule has 3 nitrogen and oxygen atoms in total. The summed E-state index contributed by atoms with van der Waals surface area (Å²) in [4.78, 5) is 4.34. The Hall–Kier alpha value is -0.670. The molecule has 0 aliphatic rings. The third kappa shape index (κ3) is 5.45. The average Bonchev–Trinajstić information content (AvgIpc) is 2.37. The van der Waals surface area contributed by atoms with Crippen molar-refractivity contribution in [3.8, 4) is 5.88 Å². The van der Waals surface area contributed by atoms with Crippen LogP contribution in [0.4, 0.5) is 5.82 Å². The summed E-state index contributed by atoms with van der Waals surface area (Å²) in [6, 6.07) is 1.67. The Balaban J connectivity index is 2.71. The Bertz CT molecular complexity index is 399. The Morgan fingerprint density at radius 3 is 2.63 bits per heavy atom. The van der Waals surface area contributed by atoms with Crippen molar-refractivity contribution in [1.29, 1.82) is 0 Å². The summed E-state index contributed by atoms with van der Waals surface area (Å²) in [5, 5.41) is 4.14. The lowest BCUT2D eigenvalue weighted by atomic mass is 10.1. The van der Waals surface area contributed by atoms with Crippen molar-refractivity contribution in [2.45, 2.75) is 40.0 Å². The zero-order valence-corrected chi connectivity index (χ0v) is 13.3. The van der Waals surface area contributed by atoms with Crippen LogP contribution in [0, 0.1) is 5.92 Å². The van der Waals surface area contributed by atoms with Gasteiger partial charge >= 0.3 is 0 Å². The molecule has 1 aromatic heterocycles. The molecule has 0 bridgehead atoms. The minimum Gasteiger partial charge on any atom is -0.476 e. The largest absolute Gasteiger partial charge is 0.476 e. The average molecular weight is 305 g/mol. The van der Waals surface area contributed by atoms with Gasteiger partial charge in [0.05, 0.1) is 11.6 Å². The second-order valence-electron chi connectivity index (χ2n) is 4.74. The molecule has 0 fully saturated rings. The summed E-state index contributed by atoms with van der Waals surface area (Å²) in [5.41, 5.74) is 0. The number of ether oxygens (including phenoxy) is 1. The molecule has 1 atom stereocenters. The second kappa shape index (κ2) is 8.49. The topological polar surface area (TPSA) is 34.2 Å². The van der Waals surface area contributed by atoms with Gasteiger partial charge in [0, 0.05) is 6.54 Å². The van der Waals surface area contributed by atoms with E-state index in [1.807, 2.05) is 0 Å². The van der Waals surface area contributed by atoms with Gasteiger partial charge in [-0.15, -0.1) is 0 Å². The molecule has 108 valence electrons. The first-order chi connectivity index (χ1) is 9.08. The maximum absolute atomic E-state index is 6.10. The van der Waals surface area contributed by atoms with Gasteiger partial charge in [0.1, 0.15) is 10.8 Å². The molecule has 0 aliphatic carbocycles. The van der Waals surface area contributed by atoms with E-state index in [1.165, 1.54) is 0 Å². The van der Waals surface area contributed by atoms with Crippen molar-refractivity contribution in [1.82, 2.24) is 4.98 Å². The number of nitrogens with zero attached hydrogens (tertiary/aromatic N) is 1. The van der Waals surface area contributed by atoms with Crippen LogP contribution in [0.3, 0.4) is 0 Å². The Morgan fingerprint density at radius 1 is 1.26 bits per heavy atom. The van der Waals surface area contributed by atoms with Crippen molar-refractivity contribution in [3.63, 3.8) is 0 Å². The number of anilines is 1. The highest BCUT2D eigenvalue weighted by Crippen LogP contribution is 2.31. The van der Waals surface area contributed by atoms with Crippen LogP contribution in [-0.2, 0) is 0 Å². The van der Waals surface area contributed by atoms with E-state index in [1.54, 1.807) is 6.07 Å². The highest BCUT2D eigenvalue weighted by atomic mass is 35.5. The third-order valence-corrected chi connectivity index (χ3v) is 3.28. The summed E-state index contributed by atoms with van der Waals surface area (Å²) in [6.07, 6.45) is 3.28. The second-order valence-corrected chi connectivity index (χ2v) is 5.55. The molecule has 1 rings (SSSR count). The zero-order chi connectivity index (χ0) is 14.3. The molecule has 19 heavy (non-hydrogen) atoms. The summed E-state index contributed by atoms with van der Waals surface area (Å²) in [7, 11) is 0. The van der Waals surface area contributed by atoms with Crippen molar-refractivity contribution in [3.05, 3.63) is 16.1 Å². The minimum atomic E-state index is 0.452. The van der Waals surface area contributed by atoms with Crippen LogP contribution < -0.4 is 10.1 Å². The number of nitrogens with one attached hydrogen (secondary N) is 1. The lowest BCUT2D eigenvalue weighted by Gasteiger charge is -2.14. The van der Waals surface area contributed by atoms with Gasteiger partial charge in [0.25, 0.3) is 0 Å². The van der Waals surface area contributed by atoms with Crippen LogP contribution in [0.15, 0.2) is 6.07 Å². The highest BCUT2D eigenvalue weighted by Gasteiger charge is 2.11. The highest BCUT2D eigenvalue weighted by molar-refractivity contribution is 6.36. The number of pyridine rings is 1. The molecule has 0 radical (unpaired) electrons. The molecule has 0 spiro atoms. The lowest BCUT2D eigenvalue weighted by Crippen LogP contribution is -2.10. The maximum atomic E-state index is 6.10. The summed E-state index contributed by atoms with van der Waals surface area (Å²) in [6.45, 7) is 7.84. The van der Waals surface area contributed by atoms with Gasteiger partial charge in [-0.2, -0.15) is 4.98 Å². The van der Waals surface area contributed by atoms with E-state index in [2.05, 4.69) is 31.1 Å². The molecule has 1 aromatic rings. The molecule has 1 N–H and O–H groups in total. The molecule has 0 aromatic carbocycles. The summed E-state index contributed by atoms with van der Waals surface area (Å²) in [5.74, 6) is 1.57. The Labute approximate surface area is 125 Å². The molecule has 0 aliphatic heterocycles. The van der Waals surface area contributed by atoms with Crippen LogP contribution in [0.25, 0.3) is 0 Å². The fourth-order valence-electron chi connectivity index (χ4n) is 1.72. The molecule has 0 saturated carbocycles. The van der Waals surface area contributed by atoms with Crippen LogP contribution in [-0.4, -0.2) is 18.1 Å². The van der Waals surface area contributed by atoms with Gasteiger partial charge in [0.2, 0.25) is 5.88 Å². The number of hydrogen-bond donors (Lipinski definition) is 1. The van der Waals surface area contributed by atoms with E-state index in [-0.39, 0.29) is 0 Å². The van der Waals surface area contributed by atoms with Gasteiger partial charge in [-0.25, -0.2) is 0 Å². The van der Waals surface area contributed by atoms with Crippen LogP contribution in [0.2, 0.25) is 10.0 Å². The maximum Gasteiger partial charge on any atom is 0.234 e. The third-order valence-electron chi connectivity index (χ3n) is 2.73. The Kier molecular flexibility index (Phi) is 7.32. The Morgan fingerprint density at radius 2 is 2.00 bits per heavy atom. The normalized spacial score (nSPS) is 12.3. The summed E-state index contributed by atoms with van der Waals surface area (Å²) >= 11 is 12.2. The van der Waals surface area contributed by atoms with E-state index in [0.717, 1.165) is 25.8 Å². The van der Waals surface area contributed by atoms with Crippen molar-refractivity contribution in [2.24, 2.45) is 5.92 Å². The van der Waals surface area contributed by atoms with Gasteiger partial charge in [-0.05, 0) is 24.8 Å². The van der Waals surface area contributed by atoms with E-state index in [4.69, 9.17) is 27.9 Å². The fraction of sp³-hybridized carbons (Fsp3) is 0.643. The zero-order valence-electron chi connectivity index (χ0n) is 11.8. The van der Waals surface area contributed by atoms with Crippen molar-refractivity contribution >= 4 is 29.0 Å². The smallest absolute Gasteiger partial charge is 0.234 e. The first-order valence-corrected chi connectivity index (χ1v) is 7.56. The quantitative estimate of drug-likeness (QED) is 0.732. The van der Waals surface area contributed by atoms with E-state index < -0.39 is 0 Å². The number of aromatic nitrogens is 1. The van der Waals surface area contributed by atoms with Crippen molar-refractivity contribution < 1.29 is 4.74 Å². The van der Waals surface area contributed by atoms with Gasteiger partial charge in [-0.1, -0.05) is 50.4 Å². The monoisotopic (exact) mass is 304 g/mol. The predicted molar refractivity (Wildman–Crippen MR) is 82.6 cm³/mol. The lowest BCUT2D eigenvalue weighted by molar-refractivity contribution is 0.243. The molecule has 1 unspecified atom stereocenters. The molecular weight excluding hydrogens is 283 g/mol. The first-order valence-electron chi connectivity index (χ1n) is 6.81. The number of halogens is 2. The minimum absolute atomic E-state index is 0.452. The van der Waals surface area contributed by atoms with Crippen molar-refractivity contribution in [2.75, 3.05) is 18.5 Å². The van der Waals surface area contributed by atoms with Crippen LogP contribution >= 0.6 is 23.2 Å². The van der Waals surface area contributed by atoms with E-state index in [9.17, 15) is 0 Å². The molecule has 5 heteroatoms. The summed E-state index contributed by atoms with van der Waals surface area (Å²) < 4.78 is 5.69. The standard InChI is InChI=1S/C14H22Cl2N2O/c1-4-6-10(3)9-19-14-12(16)8-11(15)13(18-14)17-7-5-2/h8,10H,4-7,9H2,1-3H3,(H,17,18). The molecule has 1 heterocycles. The fourth-order valence-corrected chi connectivity index (χ4v) is 2.20. The van der Waals surface area contributed by atoms with Crippen LogP contribution in [0.1, 0.15) is 40.0 Å². The van der Waals surface area contributed by atoms with E-state index in [0.29, 0.717) is 34.3 Å². The van der Waals surface area contributed by atoms with Gasteiger partial charge in [-0.3, -0.25) is 0 Å². The SMILES string of the molecule is CCCNc1nc(OCC(C)CCC)c(Cl)cc1Cl. The molecular formula is C14H22Cl2N2O. The van der Waals surface area contributed by atoms with Gasteiger partial charge in [0.15, 0.2) is 0 Å². The van der Waals surface area contributed by atoms with Crippen LogP contribution in [0.5, 0.6) is 5.88 Å².